The van der Waals surface area contributed by atoms with Gasteiger partial charge in [0, 0.05) is 26.1 Å². The first-order valence-corrected chi connectivity index (χ1v) is 7.80. The lowest BCUT2D eigenvalue weighted by molar-refractivity contribution is -0.131. The van der Waals surface area contributed by atoms with Crippen molar-refractivity contribution in [1.82, 2.24) is 10.2 Å². The van der Waals surface area contributed by atoms with Gasteiger partial charge < -0.3 is 10.2 Å². The minimum absolute atomic E-state index is 0.331. The van der Waals surface area contributed by atoms with E-state index in [1.807, 2.05) is 4.90 Å². The van der Waals surface area contributed by atoms with Crippen LogP contribution >= 0.6 is 0 Å². The molecule has 0 spiro atoms. The Balaban J connectivity index is 1.64. The van der Waals surface area contributed by atoms with Gasteiger partial charge in [-0.05, 0) is 44.7 Å². The van der Waals surface area contributed by atoms with Crippen LogP contribution in [0.5, 0.6) is 0 Å². The van der Waals surface area contributed by atoms with E-state index < -0.39 is 0 Å². The Morgan fingerprint density at radius 2 is 1.95 bits per heavy atom. The van der Waals surface area contributed by atoms with Crippen LogP contribution in [0.25, 0.3) is 0 Å². The molecule has 1 fully saturated rings. The third kappa shape index (κ3) is 4.97. The first-order valence-electron chi connectivity index (χ1n) is 7.80. The molecule has 0 unspecified atom stereocenters. The number of carbonyl (C=O) groups is 1. The fourth-order valence-corrected chi connectivity index (χ4v) is 2.61. The van der Waals surface area contributed by atoms with Crippen molar-refractivity contribution in [3.05, 3.63) is 35.4 Å². The molecule has 0 aliphatic carbocycles. The Morgan fingerprint density at radius 3 is 2.75 bits per heavy atom. The monoisotopic (exact) mass is 274 g/mol. The van der Waals surface area contributed by atoms with Gasteiger partial charge in [0.25, 0.3) is 0 Å². The summed E-state index contributed by atoms with van der Waals surface area (Å²) in [6, 6.07) is 8.70. The summed E-state index contributed by atoms with van der Waals surface area (Å²) in [5.74, 6) is 0.331. The molecule has 1 amide bonds. The third-order valence-corrected chi connectivity index (χ3v) is 3.92. The van der Waals surface area contributed by atoms with Crippen molar-refractivity contribution >= 4 is 5.91 Å². The fourth-order valence-electron chi connectivity index (χ4n) is 2.61. The standard InChI is InChI=1S/C17H26N2O/c1-15-7-9-16(10-8-15)5-2-3-6-17(20)19-13-4-11-18-12-14-19/h7-10,18H,2-6,11-14H2,1H3. The summed E-state index contributed by atoms with van der Waals surface area (Å²) in [4.78, 5) is 14.1. The maximum atomic E-state index is 12.1. The second kappa shape index (κ2) is 8.05. The zero-order valence-corrected chi connectivity index (χ0v) is 12.5. The van der Waals surface area contributed by atoms with Crippen molar-refractivity contribution in [3.8, 4) is 0 Å². The number of nitrogens with one attached hydrogen (secondary N) is 1. The number of unbranched alkanes of at least 4 members (excludes halogenated alkanes) is 1. The van der Waals surface area contributed by atoms with E-state index in [9.17, 15) is 4.79 Å². The average molecular weight is 274 g/mol. The van der Waals surface area contributed by atoms with E-state index in [1.165, 1.54) is 11.1 Å². The van der Waals surface area contributed by atoms with Gasteiger partial charge in [0.15, 0.2) is 0 Å². The highest BCUT2D eigenvalue weighted by atomic mass is 16.2. The topological polar surface area (TPSA) is 32.3 Å². The zero-order chi connectivity index (χ0) is 14.2. The van der Waals surface area contributed by atoms with Crippen LogP contribution in [0, 0.1) is 6.92 Å². The number of nitrogens with zero attached hydrogens (tertiary/aromatic N) is 1. The molecule has 0 aromatic heterocycles. The Kier molecular flexibility index (Phi) is 6.06. The SMILES string of the molecule is Cc1ccc(CCCCC(=O)N2CCCNCC2)cc1. The summed E-state index contributed by atoms with van der Waals surface area (Å²) in [7, 11) is 0. The van der Waals surface area contributed by atoms with Gasteiger partial charge in [0.2, 0.25) is 5.91 Å². The second-order valence-corrected chi connectivity index (χ2v) is 5.68. The van der Waals surface area contributed by atoms with Crippen LogP contribution in [0.2, 0.25) is 0 Å². The first kappa shape index (κ1) is 15.0. The fraction of sp³-hybridized carbons (Fsp3) is 0.588. The highest BCUT2D eigenvalue weighted by Crippen LogP contribution is 2.09. The number of rotatable bonds is 5. The summed E-state index contributed by atoms with van der Waals surface area (Å²) in [6.07, 6.45) is 4.95. The van der Waals surface area contributed by atoms with Gasteiger partial charge in [-0.3, -0.25) is 4.79 Å². The van der Waals surface area contributed by atoms with E-state index in [2.05, 4.69) is 36.5 Å². The molecule has 110 valence electrons. The minimum Gasteiger partial charge on any atom is -0.341 e. The lowest BCUT2D eigenvalue weighted by atomic mass is 10.1. The predicted molar refractivity (Wildman–Crippen MR) is 82.8 cm³/mol. The molecule has 1 aromatic rings. The molecule has 3 heteroatoms. The third-order valence-electron chi connectivity index (χ3n) is 3.92. The van der Waals surface area contributed by atoms with Gasteiger partial charge in [-0.2, -0.15) is 0 Å². The molecule has 1 aliphatic rings. The average Bonchev–Trinajstić information content (AvgIpc) is 2.74. The lowest BCUT2D eigenvalue weighted by Gasteiger charge is -2.19. The maximum Gasteiger partial charge on any atom is 0.222 e. The molecule has 20 heavy (non-hydrogen) atoms. The van der Waals surface area contributed by atoms with E-state index in [0.717, 1.165) is 51.9 Å². The van der Waals surface area contributed by atoms with Crippen molar-refractivity contribution in [2.24, 2.45) is 0 Å². The Morgan fingerprint density at radius 1 is 1.15 bits per heavy atom. The Labute approximate surface area is 122 Å². The minimum atomic E-state index is 0.331. The maximum absolute atomic E-state index is 12.1. The number of benzene rings is 1. The van der Waals surface area contributed by atoms with Crippen LogP contribution < -0.4 is 5.32 Å². The van der Waals surface area contributed by atoms with Gasteiger partial charge in [-0.1, -0.05) is 29.8 Å². The molecular weight excluding hydrogens is 248 g/mol. The van der Waals surface area contributed by atoms with E-state index in [4.69, 9.17) is 0 Å². The van der Waals surface area contributed by atoms with Crippen LogP contribution in [0.3, 0.4) is 0 Å². The van der Waals surface area contributed by atoms with Crippen molar-refractivity contribution in [2.75, 3.05) is 26.2 Å². The van der Waals surface area contributed by atoms with Crippen molar-refractivity contribution in [1.29, 1.82) is 0 Å². The van der Waals surface area contributed by atoms with Gasteiger partial charge in [0.1, 0.15) is 0 Å². The van der Waals surface area contributed by atoms with E-state index in [1.54, 1.807) is 0 Å². The predicted octanol–water partition coefficient (Wildman–Crippen LogP) is 2.53. The van der Waals surface area contributed by atoms with Crippen molar-refractivity contribution in [2.45, 2.75) is 39.0 Å². The Bertz CT molecular complexity index is 406. The molecule has 1 N–H and O–H groups in total. The van der Waals surface area contributed by atoms with Crippen LogP contribution in [-0.4, -0.2) is 37.0 Å². The van der Waals surface area contributed by atoms with Gasteiger partial charge in [-0.25, -0.2) is 0 Å². The summed E-state index contributed by atoms with van der Waals surface area (Å²) >= 11 is 0. The molecule has 1 aliphatic heterocycles. The summed E-state index contributed by atoms with van der Waals surface area (Å²) in [5, 5.41) is 3.33. The summed E-state index contributed by atoms with van der Waals surface area (Å²) in [6.45, 7) is 5.88. The molecule has 1 aromatic carbocycles. The molecule has 0 bridgehead atoms. The van der Waals surface area contributed by atoms with E-state index >= 15 is 0 Å². The van der Waals surface area contributed by atoms with E-state index in [0.29, 0.717) is 12.3 Å². The highest BCUT2D eigenvalue weighted by Gasteiger charge is 2.14. The summed E-state index contributed by atoms with van der Waals surface area (Å²) in [5.41, 5.74) is 2.68. The highest BCUT2D eigenvalue weighted by molar-refractivity contribution is 5.76. The van der Waals surface area contributed by atoms with Gasteiger partial charge >= 0.3 is 0 Å². The molecule has 0 radical (unpaired) electrons. The van der Waals surface area contributed by atoms with Crippen LogP contribution in [0.15, 0.2) is 24.3 Å². The largest absolute Gasteiger partial charge is 0.341 e. The molecule has 1 saturated heterocycles. The molecule has 1 heterocycles. The lowest BCUT2D eigenvalue weighted by Crippen LogP contribution is -2.33. The zero-order valence-electron chi connectivity index (χ0n) is 12.5. The van der Waals surface area contributed by atoms with Crippen LogP contribution in [-0.2, 0) is 11.2 Å². The van der Waals surface area contributed by atoms with Crippen LogP contribution in [0.4, 0.5) is 0 Å². The van der Waals surface area contributed by atoms with Crippen LogP contribution in [0.1, 0.15) is 36.8 Å². The van der Waals surface area contributed by atoms with Gasteiger partial charge in [-0.15, -0.1) is 0 Å². The second-order valence-electron chi connectivity index (χ2n) is 5.68. The molecule has 0 atom stereocenters. The number of hydrogen-bond donors (Lipinski definition) is 1. The quantitative estimate of drug-likeness (QED) is 0.837. The van der Waals surface area contributed by atoms with Crippen molar-refractivity contribution < 1.29 is 4.79 Å². The molecule has 0 saturated carbocycles. The van der Waals surface area contributed by atoms with E-state index in [-0.39, 0.29) is 0 Å². The normalized spacial score (nSPS) is 15.9. The number of aryl methyl sites for hydroxylation is 2. The summed E-state index contributed by atoms with van der Waals surface area (Å²) < 4.78 is 0. The number of amides is 1. The van der Waals surface area contributed by atoms with Gasteiger partial charge in [0.05, 0.1) is 0 Å². The smallest absolute Gasteiger partial charge is 0.222 e. The molecule has 3 nitrogen and oxygen atoms in total. The van der Waals surface area contributed by atoms with Crippen molar-refractivity contribution in [3.63, 3.8) is 0 Å². The first-order chi connectivity index (χ1) is 9.75. The Hall–Kier alpha value is -1.35. The number of carbonyl (C=O) groups excluding carboxylic acids is 1. The molecule has 2 rings (SSSR count). The molecular formula is C17H26N2O. The number of hydrogen-bond acceptors (Lipinski definition) is 2.